The molecule has 106 valence electrons. The van der Waals surface area contributed by atoms with E-state index in [4.69, 9.17) is 33.7 Å². The minimum absolute atomic E-state index is 0.0586. The zero-order valence-corrected chi connectivity index (χ0v) is 12.4. The lowest BCUT2D eigenvalue weighted by Crippen LogP contribution is -2.11. The molecular formula is C12H13Cl2N5O. The number of nitrogens with zero attached hydrogens (tertiary/aromatic N) is 3. The van der Waals surface area contributed by atoms with Crippen LogP contribution in [0.25, 0.3) is 0 Å². The molecule has 2 rings (SSSR count). The molecule has 1 aromatic carbocycles. The van der Waals surface area contributed by atoms with E-state index in [0.717, 1.165) is 0 Å². The number of aromatic nitrogens is 3. The molecule has 0 spiro atoms. The van der Waals surface area contributed by atoms with E-state index in [1.165, 1.54) is 0 Å². The predicted octanol–water partition coefficient (Wildman–Crippen LogP) is 3.29. The lowest BCUT2D eigenvalue weighted by Gasteiger charge is -2.11. The van der Waals surface area contributed by atoms with Gasteiger partial charge in [0.25, 0.3) is 0 Å². The minimum Gasteiger partial charge on any atom is -0.461 e. The summed E-state index contributed by atoms with van der Waals surface area (Å²) >= 11 is 11.9. The number of nitrogens with one attached hydrogen (secondary N) is 1. The van der Waals surface area contributed by atoms with Crippen molar-refractivity contribution in [3.05, 3.63) is 28.2 Å². The summed E-state index contributed by atoms with van der Waals surface area (Å²) in [5, 5.41) is 3.93. The summed E-state index contributed by atoms with van der Waals surface area (Å²) in [4.78, 5) is 12.0. The van der Waals surface area contributed by atoms with Gasteiger partial charge in [0.2, 0.25) is 11.9 Å². The first kappa shape index (κ1) is 14.6. The second-order valence-electron chi connectivity index (χ2n) is 4.22. The van der Waals surface area contributed by atoms with Gasteiger partial charge in [-0.05, 0) is 32.0 Å². The van der Waals surface area contributed by atoms with Crippen molar-refractivity contribution in [1.82, 2.24) is 15.0 Å². The van der Waals surface area contributed by atoms with E-state index in [2.05, 4.69) is 20.3 Å². The number of hydrogen-bond donors (Lipinski definition) is 2. The van der Waals surface area contributed by atoms with Crippen molar-refractivity contribution in [1.29, 1.82) is 0 Å². The molecule has 0 aliphatic carbocycles. The summed E-state index contributed by atoms with van der Waals surface area (Å²) < 4.78 is 5.39. The molecule has 0 bridgehead atoms. The van der Waals surface area contributed by atoms with Crippen molar-refractivity contribution in [3.63, 3.8) is 0 Å². The number of anilines is 3. The highest BCUT2D eigenvalue weighted by molar-refractivity contribution is 6.36. The molecule has 0 amide bonds. The molecule has 0 aliphatic heterocycles. The van der Waals surface area contributed by atoms with Gasteiger partial charge in [-0.3, -0.25) is 0 Å². The number of nitrogens with two attached hydrogens (primary N) is 1. The minimum atomic E-state index is -0.0660. The molecule has 1 aromatic heterocycles. The van der Waals surface area contributed by atoms with E-state index in [1.807, 2.05) is 13.8 Å². The molecule has 8 heteroatoms. The Morgan fingerprint density at radius 2 is 1.95 bits per heavy atom. The third kappa shape index (κ3) is 3.85. The molecule has 0 radical (unpaired) electrons. The Morgan fingerprint density at radius 1 is 1.20 bits per heavy atom. The van der Waals surface area contributed by atoms with Gasteiger partial charge in [-0.25, -0.2) is 0 Å². The van der Waals surface area contributed by atoms with Crippen LogP contribution < -0.4 is 15.8 Å². The number of rotatable bonds is 4. The fourth-order valence-corrected chi connectivity index (χ4v) is 1.86. The molecule has 0 atom stereocenters. The first-order valence-electron chi connectivity index (χ1n) is 5.84. The van der Waals surface area contributed by atoms with Crippen molar-refractivity contribution >= 4 is 40.8 Å². The summed E-state index contributed by atoms with van der Waals surface area (Å²) in [6.45, 7) is 3.73. The Balaban J connectivity index is 2.26. The Kier molecular flexibility index (Phi) is 4.46. The van der Waals surface area contributed by atoms with Crippen LogP contribution in [0, 0.1) is 0 Å². The van der Waals surface area contributed by atoms with Gasteiger partial charge in [0.1, 0.15) is 0 Å². The molecule has 3 N–H and O–H groups in total. The topological polar surface area (TPSA) is 86.0 Å². The number of halogens is 2. The zero-order valence-electron chi connectivity index (χ0n) is 10.9. The van der Waals surface area contributed by atoms with Gasteiger partial charge < -0.3 is 15.8 Å². The van der Waals surface area contributed by atoms with Crippen LogP contribution in [-0.4, -0.2) is 21.1 Å². The second kappa shape index (κ2) is 6.11. The SMILES string of the molecule is CC(C)Oc1nc(N)nc(Nc2ccc(Cl)cc2Cl)n1. The maximum atomic E-state index is 6.06. The van der Waals surface area contributed by atoms with Crippen LogP contribution in [0.1, 0.15) is 13.8 Å². The Hall–Kier alpha value is -1.79. The lowest BCUT2D eigenvalue weighted by atomic mass is 10.3. The van der Waals surface area contributed by atoms with E-state index in [-0.39, 0.29) is 24.0 Å². The number of benzene rings is 1. The van der Waals surface area contributed by atoms with Gasteiger partial charge in [0.05, 0.1) is 16.8 Å². The standard InChI is InChI=1S/C12H13Cl2N5O/c1-6(2)20-12-18-10(15)17-11(19-12)16-9-4-3-7(13)5-8(9)14/h3-6H,1-2H3,(H3,15,16,17,18,19). The fourth-order valence-electron chi connectivity index (χ4n) is 1.40. The van der Waals surface area contributed by atoms with Gasteiger partial charge in [-0.1, -0.05) is 23.2 Å². The average molecular weight is 314 g/mol. The van der Waals surface area contributed by atoms with Gasteiger partial charge in [0, 0.05) is 5.02 Å². The van der Waals surface area contributed by atoms with Crippen LogP contribution in [0.15, 0.2) is 18.2 Å². The maximum Gasteiger partial charge on any atom is 0.323 e. The fraction of sp³-hybridized carbons (Fsp3) is 0.250. The van der Waals surface area contributed by atoms with Crippen molar-refractivity contribution in [2.24, 2.45) is 0 Å². The lowest BCUT2D eigenvalue weighted by molar-refractivity contribution is 0.222. The quantitative estimate of drug-likeness (QED) is 0.900. The summed E-state index contributed by atoms with van der Waals surface area (Å²) in [5.41, 5.74) is 6.22. The number of nitrogen functional groups attached to an aromatic ring is 1. The highest BCUT2D eigenvalue weighted by atomic mass is 35.5. The second-order valence-corrected chi connectivity index (χ2v) is 5.06. The monoisotopic (exact) mass is 313 g/mol. The van der Waals surface area contributed by atoms with Crippen molar-refractivity contribution in [2.45, 2.75) is 20.0 Å². The Morgan fingerprint density at radius 3 is 2.60 bits per heavy atom. The van der Waals surface area contributed by atoms with Crippen LogP contribution in [0.3, 0.4) is 0 Å². The summed E-state index contributed by atoms with van der Waals surface area (Å²) in [5.74, 6) is 0.306. The van der Waals surface area contributed by atoms with Crippen molar-refractivity contribution in [3.8, 4) is 6.01 Å². The first-order chi connectivity index (χ1) is 9.44. The van der Waals surface area contributed by atoms with Gasteiger partial charge in [-0.2, -0.15) is 15.0 Å². The molecule has 2 aromatic rings. The molecule has 0 saturated carbocycles. The third-order valence-electron chi connectivity index (χ3n) is 2.15. The van der Waals surface area contributed by atoms with E-state index >= 15 is 0 Å². The summed E-state index contributed by atoms with van der Waals surface area (Å²) in [6, 6.07) is 5.18. The van der Waals surface area contributed by atoms with Crippen LogP contribution in [0.2, 0.25) is 10.0 Å². The van der Waals surface area contributed by atoms with E-state index in [9.17, 15) is 0 Å². The van der Waals surface area contributed by atoms with E-state index < -0.39 is 0 Å². The third-order valence-corrected chi connectivity index (χ3v) is 2.70. The number of ether oxygens (including phenoxy) is 1. The zero-order chi connectivity index (χ0) is 14.7. The normalized spacial score (nSPS) is 10.7. The molecule has 0 saturated heterocycles. The van der Waals surface area contributed by atoms with Crippen molar-refractivity contribution < 1.29 is 4.74 Å². The Bertz CT molecular complexity index is 621. The van der Waals surface area contributed by atoms with Crippen LogP contribution in [0.4, 0.5) is 17.6 Å². The molecule has 6 nitrogen and oxygen atoms in total. The van der Waals surface area contributed by atoms with Crippen LogP contribution in [0.5, 0.6) is 6.01 Å². The van der Waals surface area contributed by atoms with E-state index in [1.54, 1.807) is 18.2 Å². The summed E-state index contributed by atoms with van der Waals surface area (Å²) in [7, 11) is 0. The van der Waals surface area contributed by atoms with Crippen molar-refractivity contribution in [2.75, 3.05) is 11.1 Å². The molecule has 1 heterocycles. The molecular weight excluding hydrogens is 301 g/mol. The Labute approximate surface area is 126 Å². The van der Waals surface area contributed by atoms with Gasteiger partial charge >= 0.3 is 6.01 Å². The largest absolute Gasteiger partial charge is 0.461 e. The van der Waals surface area contributed by atoms with Crippen LogP contribution in [-0.2, 0) is 0 Å². The van der Waals surface area contributed by atoms with Gasteiger partial charge in [-0.15, -0.1) is 0 Å². The highest BCUT2D eigenvalue weighted by Gasteiger charge is 2.09. The summed E-state index contributed by atoms with van der Waals surface area (Å²) in [6.07, 6.45) is -0.0660. The molecule has 0 fully saturated rings. The smallest absolute Gasteiger partial charge is 0.323 e. The predicted molar refractivity (Wildman–Crippen MR) is 79.7 cm³/mol. The van der Waals surface area contributed by atoms with Gasteiger partial charge in [0.15, 0.2) is 0 Å². The first-order valence-corrected chi connectivity index (χ1v) is 6.60. The van der Waals surface area contributed by atoms with E-state index in [0.29, 0.717) is 15.7 Å². The molecule has 0 aliphatic rings. The maximum absolute atomic E-state index is 6.06. The van der Waals surface area contributed by atoms with Crippen LogP contribution >= 0.6 is 23.2 Å². The number of hydrogen-bond acceptors (Lipinski definition) is 6. The average Bonchev–Trinajstić information content (AvgIpc) is 2.31. The molecule has 0 unspecified atom stereocenters. The highest BCUT2D eigenvalue weighted by Crippen LogP contribution is 2.27. The molecule has 20 heavy (non-hydrogen) atoms.